The van der Waals surface area contributed by atoms with Gasteiger partial charge in [-0.3, -0.25) is 14.9 Å². The van der Waals surface area contributed by atoms with Gasteiger partial charge in [-0.1, -0.05) is 23.7 Å². The van der Waals surface area contributed by atoms with Gasteiger partial charge in [-0.05, 0) is 43.0 Å². The van der Waals surface area contributed by atoms with E-state index in [1.165, 1.54) is 23.9 Å². The Morgan fingerprint density at radius 2 is 2.00 bits per heavy atom. The fourth-order valence-electron chi connectivity index (χ4n) is 3.23. The van der Waals surface area contributed by atoms with Gasteiger partial charge in [-0.25, -0.2) is 9.59 Å². The van der Waals surface area contributed by atoms with Crippen LogP contribution >= 0.6 is 23.4 Å². The Morgan fingerprint density at radius 3 is 2.68 bits per heavy atom. The molecule has 0 aliphatic carbocycles. The highest BCUT2D eigenvalue weighted by atomic mass is 35.5. The molecule has 0 saturated heterocycles. The molecule has 9 nitrogen and oxygen atoms in total. The summed E-state index contributed by atoms with van der Waals surface area (Å²) in [4.78, 5) is 47.7. The van der Waals surface area contributed by atoms with Crippen LogP contribution in [0.5, 0.6) is 0 Å². The molecule has 1 heterocycles. The van der Waals surface area contributed by atoms with Gasteiger partial charge >= 0.3 is 11.6 Å². The van der Waals surface area contributed by atoms with Gasteiger partial charge in [0.25, 0.3) is 11.6 Å². The Morgan fingerprint density at radius 1 is 1.24 bits per heavy atom. The quantitative estimate of drug-likeness (QED) is 0.198. The zero-order valence-electron chi connectivity index (χ0n) is 18.3. The van der Waals surface area contributed by atoms with Gasteiger partial charge in [0, 0.05) is 29.1 Å². The summed E-state index contributed by atoms with van der Waals surface area (Å²) >= 11 is 7.52. The van der Waals surface area contributed by atoms with Crippen molar-refractivity contribution in [2.75, 3.05) is 12.0 Å². The Balaban J connectivity index is 1.76. The van der Waals surface area contributed by atoms with Crippen molar-refractivity contribution >= 4 is 51.9 Å². The summed E-state index contributed by atoms with van der Waals surface area (Å²) in [5.41, 5.74) is 0.955. The Kier molecular flexibility index (Phi) is 8.30. The van der Waals surface area contributed by atoms with E-state index in [1.54, 1.807) is 12.1 Å². The van der Waals surface area contributed by atoms with Gasteiger partial charge < -0.3 is 14.5 Å². The average molecular weight is 505 g/mol. The molecule has 3 rings (SSSR count). The largest absolute Gasteiger partial charge is 0.459 e. The lowest BCUT2D eigenvalue weighted by Gasteiger charge is -2.18. The van der Waals surface area contributed by atoms with Gasteiger partial charge in [0.15, 0.2) is 0 Å². The first-order valence-corrected chi connectivity index (χ1v) is 11.9. The molecule has 0 bridgehead atoms. The van der Waals surface area contributed by atoms with Gasteiger partial charge in [-0.2, -0.15) is 11.8 Å². The number of benzene rings is 2. The number of hydrogen-bond donors (Lipinski definition) is 1. The summed E-state index contributed by atoms with van der Waals surface area (Å²) in [6.07, 6.45) is 2.14. The zero-order valence-corrected chi connectivity index (χ0v) is 19.9. The second kappa shape index (κ2) is 11.2. The molecule has 0 aliphatic rings. The highest BCUT2D eigenvalue weighted by Gasteiger charge is 2.25. The Hall–Kier alpha value is -3.37. The van der Waals surface area contributed by atoms with Crippen molar-refractivity contribution in [2.45, 2.75) is 26.0 Å². The van der Waals surface area contributed by atoms with Crippen LogP contribution in [0.1, 0.15) is 27.9 Å². The minimum absolute atomic E-state index is 0.00347. The molecular formula is C23H21ClN2O7S. The molecule has 0 radical (unpaired) electrons. The van der Waals surface area contributed by atoms with E-state index in [0.717, 1.165) is 17.7 Å². The van der Waals surface area contributed by atoms with Gasteiger partial charge in [-0.15, -0.1) is 0 Å². The number of nitro benzene ring substituents is 1. The van der Waals surface area contributed by atoms with Crippen LogP contribution in [0.2, 0.25) is 5.02 Å². The van der Waals surface area contributed by atoms with E-state index < -0.39 is 28.5 Å². The van der Waals surface area contributed by atoms with E-state index in [2.05, 4.69) is 5.32 Å². The maximum Gasteiger partial charge on any atom is 0.336 e. The van der Waals surface area contributed by atoms with Crippen molar-refractivity contribution in [1.82, 2.24) is 5.32 Å². The standard InChI is InChI=1S/C23H21ClN2O7S/c1-13-3-5-16-14(10-21(27)33-20(16)9-13)12-32-23(29)19(7-8-34-2)25-22(28)17-6-4-15(26(30)31)11-18(17)24/h3-6,9-11,19H,7-8,12H2,1-2H3,(H,25,28)/t19-/m0/s1. The molecule has 2 aromatic carbocycles. The van der Waals surface area contributed by atoms with Crippen LogP contribution in [-0.4, -0.2) is 34.9 Å². The normalized spacial score (nSPS) is 11.7. The average Bonchev–Trinajstić information content (AvgIpc) is 2.79. The molecule has 0 fully saturated rings. The molecule has 11 heteroatoms. The van der Waals surface area contributed by atoms with Gasteiger partial charge in [0.05, 0.1) is 15.5 Å². The molecule has 3 aromatic rings. The fourth-order valence-corrected chi connectivity index (χ4v) is 3.96. The van der Waals surface area contributed by atoms with Crippen LogP contribution in [0.3, 0.4) is 0 Å². The fraction of sp³-hybridized carbons (Fsp3) is 0.261. The van der Waals surface area contributed by atoms with Crippen molar-refractivity contribution in [3.8, 4) is 0 Å². The summed E-state index contributed by atoms with van der Waals surface area (Å²) < 4.78 is 10.6. The first kappa shape index (κ1) is 25.3. The van der Waals surface area contributed by atoms with E-state index >= 15 is 0 Å². The summed E-state index contributed by atoms with van der Waals surface area (Å²) in [7, 11) is 0. The lowest BCUT2D eigenvalue weighted by molar-refractivity contribution is -0.384. The highest BCUT2D eigenvalue weighted by molar-refractivity contribution is 7.98. The number of carbonyl (C=O) groups excluding carboxylic acids is 2. The van der Waals surface area contributed by atoms with Crippen molar-refractivity contribution in [1.29, 1.82) is 0 Å². The predicted molar refractivity (Wildman–Crippen MR) is 129 cm³/mol. The number of rotatable bonds is 9. The molecule has 0 unspecified atom stereocenters. The highest BCUT2D eigenvalue weighted by Crippen LogP contribution is 2.23. The molecule has 178 valence electrons. The van der Waals surface area contributed by atoms with Crippen molar-refractivity contribution in [3.63, 3.8) is 0 Å². The first-order chi connectivity index (χ1) is 16.2. The number of esters is 1. The van der Waals surface area contributed by atoms with Crippen LogP contribution in [0.15, 0.2) is 51.7 Å². The van der Waals surface area contributed by atoms with Crippen LogP contribution in [0, 0.1) is 17.0 Å². The predicted octanol–water partition coefficient (Wildman–Crippen LogP) is 4.26. The molecule has 1 aromatic heterocycles. The second-order valence-corrected chi connectivity index (χ2v) is 8.82. The van der Waals surface area contributed by atoms with Crippen molar-refractivity contribution < 1.29 is 23.7 Å². The number of nitro groups is 1. The van der Waals surface area contributed by atoms with E-state index in [4.69, 9.17) is 20.8 Å². The minimum atomic E-state index is -0.986. The SMILES string of the molecule is CSCC[C@H](NC(=O)c1ccc([N+](=O)[O-])cc1Cl)C(=O)OCc1cc(=O)oc2cc(C)ccc12. The Labute approximate surface area is 203 Å². The van der Waals surface area contributed by atoms with E-state index in [0.29, 0.717) is 22.3 Å². The van der Waals surface area contributed by atoms with E-state index in [9.17, 15) is 24.5 Å². The third-order valence-corrected chi connectivity index (χ3v) is 5.92. The number of halogens is 1. The molecule has 0 aliphatic heterocycles. The molecule has 0 spiro atoms. The van der Waals surface area contributed by atoms with Crippen LogP contribution in [0.25, 0.3) is 11.0 Å². The minimum Gasteiger partial charge on any atom is -0.459 e. The summed E-state index contributed by atoms with van der Waals surface area (Å²) in [6, 6.07) is 9.07. The number of nitrogens with one attached hydrogen (secondary N) is 1. The number of non-ortho nitro benzene ring substituents is 1. The third-order valence-electron chi connectivity index (χ3n) is 4.96. The van der Waals surface area contributed by atoms with Crippen LogP contribution in [0.4, 0.5) is 5.69 Å². The lowest BCUT2D eigenvalue weighted by Crippen LogP contribution is -2.42. The third kappa shape index (κ3) is 6.15. The maximum atomic E-state index is 12.8. The van der Waals surface area contributed by atoms with Gasteiger partial charge in [0.2, 0.25) is 0 Å². The Bertz CT molecular complexity index is 1310. The summed E-state index contributed by atoms with van der Waals surface area (Å²) in [6.45, 7) is 1.68. The number of aryl methyl sites for hydroxylation is 1. The number of hydrogen-bond acceptors (Lipinski definition) is 8. The molecule has 1 amide bonds. The van der Waals surface area contributed by atoms with Gasteiger partial charge in [0.1, 0.15) is 18.2 Å². The topological polar surface area (TPSA) is 129 Å². The van der Waals surface area contributed by atoms with E-state index in [1.807, 2.05) is 19.2 Å². The number of carbonyl (C=O) groups is 2. The van der Waals surface area contributed by atoms with Crippen molar-refractivity contribution in [3.05, 3.63) is 84.7 Å². The molecule has 1 N–H and O–H groups in total. The summed E-state index contributed by atoms with van der Waals surface area (Å²) in [5, 5.41) is 14.0. The molecule has 0 saturated carbocycles. The number of amides is 1. The second-order valence-electron chi connectivity index (χ2n) is 7.43. The first-order valence-electron chi connectivity index (χ1n) is 10.1. The molecule has 34 heavy (non-hydrogen) atoms. The zero-order chi connectivity index (χ0) is 24.8. The van der Waals surface area contributed by atoms with Crippen LogP contribution in [-0.2, 0) is 16.1 Å². The maximum absolute atomic E-state index is 12.8. The number of fused-ring (bicyclic) bond motifs is 1. The lowest BCUT2D eigenvalue weighted by atomic mass is 10.1. The summed E-state index contributed by atoms with van der Waals surface area (Å²) in [5.74, 6) is -0.788. The monoisotopic (exact) mass is 504 g/mol. The number of ether oxygens (including phenoxy) is 1. The van der Waals surface area contributed by atoms with Crippen LogP contribution < -0.4 is 10.9 Å². The van der Waals surface area contributed by atoms with E-state index in [-0.39, 0.29) is 29.3 Å². The molecular weight excluding hydrogens is 484 g/mol. The van der Waals surface area contributed by atoms with Crippen molar-refractivity contribution in [2.24, 2.45) is 0 Å². The smallest absolute Gasteiger partial charge is 0.336 e. The number of thioether (sulfide) groups is 1. The molecule has 1 atom stereocenters. The number of nitrogens with zero attached hydrogens (tertiary/aromatic N) is 1.